The van der Waals surface area contributed by atoms with Crippen LogP contribution in [0.1, 0.15) is 125 Å². The first-order chi connectivity index (χ1) is 17.7. The van der Waals surface area contributed by atoms with Crippen molar-refractivity contribution in [3.63, 3.8) is 0 Å². The number of ether oxygens (including phenoxy) is 4. The van der Waals surface area contributed by atoms with Crippen LogP contribution in [0, 0.1) is 0 Å². The largest absolute Gasteiger partial charge is 0.464 e. The third-order valence-electron chi connectivity index (χ3n) is 7.11. The molecule has 2 unspecified atom stereocenters. The number of epoxide rings is 1. The molecule has 0 saturated carbocycles. The molecule has 2 saturated heterocycles. The molecule has 0 aromatic heterocycles. The zero-order chi connectivity index (χ0) is 25.3. The van der Waals surface area contributed by atoms with Gasteiger partial charge >= 0.3 is 11.9 Å². The lowest BCUT2D eigenvalue weighted by molar-refractivity contribution is -0.151. The molecule has 3 rings (SSSR count). The average molecular weight is 503 g/mol. The van der Waals surface area contributed by atoms with Gasteiger partial charge in [0, 0.05) is 0 Å². The number of hydrogen-bond acceptors (Lipinski definition) is 6. The van der Waals surface area contributed by atoms with Gasteiger partial charge in [0.05, 0.1) is 37.6 Å². The minimum Gasteiger partial charge on any atom is -0.464 e. The summed E-state index contributed by atoms with van der Waals surface area (Å²) in [6.45, 7) is 1.75. The Balaban J connectivity index is 1.41. The Morgan fingerprint density at radius 1 is 0.833 bits per heavy atom. The van der Waals surface area contributed by atoms with E-state index in [0.717, 1.165) is 57.1 Å². The molecule has 2 heterocycles. The molecule has 0 spiro atoms. The molecule has 6 nitrogen and oxygen atoms in total. The Bertz CT molecular complexity index is 760. The first-order valence-electron chi connectivity index (χ1n) is 14.4. The number of hydrogen-bond donors (Lipinski definition) is 0. The highest BCUT2D eigenvalue weighted by Gasteiger charge is 2.22. The predicted molar refractivity (Wildman–Crippen MR) is 140 cm³/mol. The van der Waals surface area contributed by atoms with Gasteiger partial charge in [-0.1, -0.05) is 95.2 Å². The number of carbonyl (C=O) groups is 2. The monoisotopic (exact) mass is 502 g/mol. The fourth-order valence-corrected chi connectivity index (χ4v) is 4.84. The van der Waals surface area contributed by atoms with Crippen LogP contribution in [0.15, 0.2) is 24.3 Å². The van der Waals surface area contributed by atoms with Crippen LogP contribution in [0.2, 0.25) is 0 Å². The Morgan fingerprint density at radius 2 is 1.50 bits per heavy atom. The quantitative estimate of drug-likeness (QED) is 0.172. The molecule has 1 aromatic carbocycles. The van der Waals surface area contributed by atoms with E-state index >= 15 is 0 Å². The molecular weight excluding hydrogens is 456 g/mol. The molecule has 2 fully saturated rings. The van der Waals surface area contributed by atoms with Crippen LogP contribution >= 0.6 is 0 Å². The van der Waals surface area contributed by atoms with Crippen LogP contribution < -0.4 is 0 Å². The molecule has 0 amide bonds. The SMILES string of the molecule is O=C1COC(c2ccccc2C(=O)OCCCCCCCCCC2CO2)CCCCCCCCCO1. The van der Waals surface area contributed by atoms with Gasteiger partial charge < -0.3 is 18.9 Å². The molecule has 0 radical (unpaired) electrons. The Labute approximate surface area is 217 Å². The van der Waals surface area contributed by atoms with Crippen LogP contribution in [-0.2, 0) is 23.7 Å². The molecule has 2 aliphatic rings. The second-order valence-corrected chi connectivity index (χ2v) is 10.2. The third-order valence-corrected chi connectivity index (χ3v) is 7.11. The normalized spacial score (nSPS) is 21.8. The number of benzene rings is 1. The second kappa shape index (κ2) is 17.5. The van der Waals surface area contributed by atoms with Crippen molar-refractivity contribution in [2.24, 2.45) is 0 Å². The summed E-state index contributed by atoms with van der Waals surface area (Å²) in [6, 6.07) is 7.49. The molecule has 202 valence electrons. The summed E-state index contributed by atoms with van der Waals surface area (Å²) in [7, 11) is 0. The number of rotatable bonds is 12. The minimum absolute atomic E-state index is 0.0948. The average Bonchev–Trinajstić information content (AvgIpc) is 3.72. The van der Waals surface area contributed by atoms with Crippen molar-refractivity contribution in [2.45, 2.75) is 115 Å². The zero-order valence-corrected chi connectivity index (χ0v) is 22.1. The van der Waals surface area contributed by atoms with Gasteiger partial charge in [-0.2, -0.15) is 0 Å². The van der Waals surface area contributed by atoms with Gasteiger partial charge in [-0.3, -0.25) is 0 Å². The van der Waals surface area contributed by atoms with Gasteiger partial charge in [0.25, 0.3) is 0 Å². The van der Waals surface area contributed by atoms with E-state index in [1.54, 1.807) is 6.07 Å². The van der Waals surface area contributed by atoms with Gasteiger partial charge in [0.2, 0.25) is 0 Å². The molecule has 0 N–H and O–H groups in total. The first kappa shape index (κ1) is 28.6. The van der Waals surface area contributed by atoms with Crippen molar-refractivity contribution in [1.29, 1.82) is 0 Å². The van der Waals surface area contributed by atoms with E-state index < -0.39 is 0 Å². The lowest BCUT2D eigenvalue weighted by atomic mass is 9.97. The second-order valence-electron chi connectivity index (χ2n) is 10.2. The standard InChI is InChI=1S/C30H46O6/c31-29-24-36-28(20-12-8-4-2-5-9-15-21-33-29)26-18-13-14-19-27(26)30(32)34-22-16-10-6-1-3-7-11-17-25-23-35-25/h13-14,18-19,25,28H,1-12,15-17,20-24H2. The van der Waals surface area contributed by atoms with Gasteiger partial charge in [-0.25, -0.2) is 9.59 Å². The highest BCUT2D eigenvalue weighted by molar-refractivity contribution is 5.91. The fourth-order valence-electron chi connectivity index (χ4n) is 4.84. The predicted octanol–water partition coefficient (Wildman–Crippen LogP) is 7.10. The maximum absolute atomic E-state index is 12.9. The van der Waals surface area contributed by atoms with Gasteiger partial charge in [0.1, 0.15) is 6.61 Å². The van der Waals surface area contributed by atoms with E-state index in [9.17, 15) is 9.59 Å². The molecular formula is C30H46O6. The van der Waals surface area contributed by atoms with Crippen LogP contribution in [-0.4, -0.2) is 44.5 Å². The van der Waals surface area contributed by atoms with Gasteiger partial charge in [-0.15, -0.1) is 0 Å². The van der Waals surface area contributed by atoms with E-state index in [4.69, 9.17) is 18.9 Å². The maximum Gasteiger partial charge on any atom is 0.338 e. The van der Waals surface area contributed by atoms with Gasteiger partial charge in [-0.05, 0) is 37.3 Å². The minimum atomic E-state index is -0.339. The maximum atomic E-state index is 12.9. The molecule has 36 heavy (non-hydrogen) atoms. The molecule has 6 heteroatoms. The summed E-state index contributed by atoms with van der Waals surface area (Å²) in [4.78, 5) is 25.1. The van der Waals surface area contributed by atoms with Crippen LogP contribution in [0.3, 0.4) is 0 Å². The Kier molecular flexibility index (Phi) is 13.9. The summed E-state index contributed by atoms with van der Waals surface area (Å²) in [5.74, 6) is -0.646. The van der Waals surface area contributed by atoms with Crippen molar-refractivity contribution >= 4 is 11.9 Å². The number of unbranched alkanes of at least 4 members (excludes halogenated alkanes) is 6. The number of esters is 2. The fraction of sp³-hybridized carbons (Fsp3) is 0.733. The molecule has 0 aliphatic carbocycles. The van der Waals surface area contributed by atoms with E-state index in [2.05, 4.69) is 0 Å². The van der Waals surface area contributed by atoms with Gasteiger partial charge in [0.15, 0.2) is 0 Å². The Morgan fingerprint density at radius 3 is 2.28 bits per heavy atom. The molecule has 1 aromatic rings. The molecule has 2 atom stereocenters. The summed E-state index contributed by atoms with van der Waals surface area (Å²) >= 11 is 0. The van der Waals surface area contributed by atoms with Crippen LogP contribution in [0.5, 0.6) is 0 Å². The Hall–Kier alpha value is -1.92. The van der Waals surface area contributed by atoms with Crippen LogP contribution in [0.25, 0.3) is 0 Å². The summed E-state index contributed by atoms with van der Waals surface area (Å²) in [6.07, 6.45) is 18.1. The van der Waals surface area contributed by atoms with Crippen molar-refractivity contribution in [3.8, 4) is 0 Å². The van der Waals surface area contributed by atoms with Crippen LogP contribution in [0.4, 0.5) is 0 Å². The van der Waals surface area contributed by atoms with Crippen molar-refractivity contribution in [2.75, 3.05) is 26.4 Å². The van der Waals surface area contributed by atoms with Crippen molar-refractivity contribution in [3.05, 3.63) is 35.4 Å². The lowest BCUT2D eigenvalue weighted by Gasteiger charge is -2.21. The number of carbonyl (C=O) groups excluding carboxylic acids is 2. The zero-order valence-electron chi connectivity index (χ0n) is 22.1. The summed E-state index contributed by atoms with van der Waals surface area (Å²) in [5.41, 5.74) is 1.34. The van der Waals surface area contributed by atoms with Crippen molar-refractivity contribution in [1.82, 2.24) is 0 Å². The topological polar surface area (TPSA) is 74.4 Å². The molecule has 2 aliphatic heterocycles. The smallest absolute Gasteiger partial charge is 0.338 e. The lowest BCUT2D eigenvalue weighted by Crippen LogP contribution is -2.19. The summed E-state index contributed by atoms with van der Waals surface area (Å²) < 4.78 is 22.2. The van der Waals surface area contributed by atoms with E-state index in [-0.39, 0.29) is 24.6 Å². The highest BCUT2D eigenvalue weighted by Crippen LogP contribution is 2.28. The highest BCUT2D eigenvalue weighted by atomic mass is 16.6. The van der Waals surface area contributed by atoms with E-state index in [1.165, 1.54) is 57.8 Å². The van der Waals surface area contributed by atoms with E-state index in [0.29, 0.717) is 24.9 Å². The van der Waals surface area contributed by atoms with Crippen molar-refractivity contribution < 1.29 is 28.5 Å². The summed E-state index contributed by atoms with van der Waals surface area (Å²) in [5, 5.41) is 0. The number of cyclic esters (lactones) is 1. The third kappa shape index (κ3) is 11.9. The molecule has 0 bridgehead atoms. The first-order valence-corrected chi connectivity index (χ1v) is 14.4. The van der Waals surface area contributed by atoms with E-state index in [1.807, 2.05) is 18.2 Å².